The van der Waals surface area contributed by atoms with Gasteiger partial charge in [-0.1, -0.05) is 32.4 Å². The van der Waals surface area contributed by atoms with Gasteiger partial charge in [-0.3, -0.25) is 4.79 Å². The van der Waals surface area contributed by atoms with Gasteiger partial charge < -0.3 is 15.8 Å². The van der Waals surface area contributed by atoms with Gasteiger partial charge in [0.2, 0.25) is 5.91 Å². The summed E-state index contributed by atoms with van der Waals surface area (Å²) in [5.74, 6) is 1.52. The van der Waals surface area contributed by atoms with Crippen LogP contribution in [0.2, 0.25) is 0 Å². The molecular weight excluding hydrogens is 300 g/mol. The lowest BCUT2D eigenvalue weighted by Gasteiger charge is -2.17. The number of benzene rings is 1. The third-order valence-corrected chi connectivity index (χ3v) is 3.90. The molecule has 1 amide bonds. The first kappa shape index (κ1) is 18.8. The zero-order valence-electron chi connectivity index (χ0n) is 13.4. The van der Waals surface area contributed by atoms with Gasteiger partial charge >= 0.3 is 0 Å². The van der Waals surface area contributed by atoms with Crippen LogP contribution in [-0.2, 0) is 4.79 Å². The maximum Gasteiger partial charge on any atom is 0.224 e. The predicted molar refractivity (Wildman–Crippen MR) is 92.6 cm³/mol. The van der Waals surface area contributed by atoms with Crippen molar-refractivity contribution in [3.05, 3.63) is 24.3 Å². The molecule has 0 bridgehead atoms. The van der Waals surface area contributed by atoms with Crippen LogP contribution in [0.5, 0.6) is 5.75 Å². The molecular formula is C17H27ClN2O2. The molecule has 1 aliphatic rings. The molecule has 2 rings (SSSR count). The Balaban J connectivity index is 0.00000242. The molecule has 0 saturated heterocycles. The molecule has 1 aliphatic carbocycles. The van der Waals surface area contributed by atoms with Crippen LogP contribution < -0.4 is 15.8 Å². The lowest BCUT2D eigenvalue weighted by molar-refractivity contribution is -0.117. The highest BCUT2D eigenvalue weighted by Gasteiger charge is 2.26. The van der Waals surface area contributed by atoms with Crippen LogP contribution in [0.15, 0.2) is 24.3 Å². The van der Waals surface area contributed by atoms with Gasteiger partial charge in [0.05, 0.1) is 12.3 Å². The molecule has 124 valence electrons. The van der Waals surface area contributed by atoms with Crippen molar-refractivity contribution >= 4 is 24.0 Å². The molecule has 0 unspecified atom stereocenters. The Morgan fingerprint density at radius 2 is 2.09 bits per heavy atom. The van der Waals surface area contributed by atoms with Crippen molar-refractivity contribution in [3.8, 4) is 5.75 Å². The van der Waals surface area contributed by atoms with Crippen LogP contribution in [0, 0.1) is 11.8 Å². The van der Waals surface area contributed by atoms with Gasteiger partial charge in [-0.2, -0.15) is 0 Å². The van der Waals surface area contributed by atoms with Crippen molar-refractivity contribution in [2.75, 3.05) is 11.9 Å². The first-order chi connectivity index (χ1) is 10.1. The summed E-state index contributed by atoms with van der Waals surface area (Å²) >= 11 is 0. The Morgan fingerprint density at radius 3 is 2.73 bits per heavy atom. The number of carbonyl (C=O) groups is 1. The summed E-state index contributed by atoms with van der Waals surface area (Å²) in [6.45, 7) is 4.84. The molecule has 1 saturated carbocycles. The highest BCUT2D eigenvalue weighted by Crippen LogP contribution is 2.29. The zero-order chi connectivity index (χ0) is 15.2. The average Bonchev–Trinajstić information content (AvgIpc) is 2.83. The third kappa shape index (κ3) is 5.50. The highest BCUT2D eigenvalue weighted by molar-refractivity contribution is 5.92. The lowest BCUT2D eigenvalue weighted by Crippen LogP contribution is -2.28. The van der Waals surface area contributed by atoms with E-state index in [2.05, 4.69) is 19.2 Å². The van der Waals surface area contributed by atoms with Crippen LogP contribution in [0.4, 0.5) is 5.69 Å². The molecule has 1 aromatic rings. The minimum absolute atomic E-state index is 0. The Labute approximate surface area is 139 Å². The molecule has 5 heteroatoms. The minimum atomic E-state index is 0. The second kappa shape index (κ2) is 9.01. The Kier molecular flexibility index (Phi) is 7.69. The van der Waals surface area contributed by atoms with Gasteiger partial charge in [0.15, 0.2) is 0 Å². The number of anilines is 1. The number of amides is 1. The molecule has 3 N–H and O–H groups in total. The van der Waals surface area contributed by atoms with Crippen molar-refractivity contribution in [2.24, 2.45) is 17.6 Å². The fourth-order valence-electron chi connectivity index (χ4n) is 2.71. The molecule has 4 nitrogen and oxygen atoms in total. The average molecular weight is 327 g/mol. The summed E-state index contributed by atoms with van der Waals surface area (Å²) in [5, 5.41) is 2.96. The number of ether oxygens (including phenoxy) is 1. The van der Waals surface area contributed by atoms with Gasteiger partial charge in [-0.15, -0.1) is 12.4 Å². The first-order valence-corrected chi connectivity index (χ1v) is 7.83. The predicted octanol–water partition coefficient (Wildman–Crippen LogP) is 3.60. The van der Waals surface area contributed by atoms with Crippen molar-refractivity contribution in [2.45, 2.75) is 45.6 Å². The Bertz CT molecular complexity index is 479. The van der Waals surface area contributed by atoms with E-state index >= 15 is 0 Å². The first-order valence-electron chi connectivity index (χ1n) is 7.83. The van der Waals surface area contributed by atoms with Crippen LogP contribution in [-0.4, -0.2) is 18.6 Å². The molecule has 1 fully saturated rings. The number of rotatable bonds is 6. The zero-order valence-corrected chi connectivity index (χ0v) is 14.2. The lowest BCUT2D eigenvalue weighted by atomic mass is 10.00. The summed E-state index contributed by atoms with van der Waals surface area (Å²) < 4.78 is 5.75. The fraction of sp³-hybridized carbons (Fsp3) is 0.588. The van der Waals surface area contributed by atoms with E-state index in [-0.39, 0.29) is 24.4 Å². The van der Waals surface area contributed by atoms with Crippen molar-refractivity contribution in [1.82, 2.24) is 0 Å². The number of halogens is 1. The molecule has 2 atom stereocenters. The van der Waals surface area contributed by atoms with Crippen LogP contribution in [0.25, 0.3) is 0 Å². The number of nitrogens with one attached hydrogen (secondary N) is 1. The second-order valence-corrected chi connectivity index (χ2v) is 6.31. The maximum absolute atomic E-state index is 12.2. The van der Waals surface area contributed by atoms with E-state index in [4.69, 9.17) is 10.5 Å². The molecule has 0 radical (unpaired) electrons. The van der Waals surface area contributed by atoms with Crippen LogP contribution in [0.3, 0.4) is 0 Å². The van der Waals surface area contributed by atoms with E-state index < -0.39 is 0 Å². The molecule has 0 aliphatic heterocycles. The molecule has 22 heavy (non-hydrogen) atoms. The van der Waals surface area contributed by atoms with Gasteiger partial charge in [0.1, 0.15) is 5.75 Å². The monoisotopic (exact) mass is 326 g/mol. The molecule has 0 heterocycles. The normalized spacial score (nSPS) is 20.5. The summed E-state index contributed by atoms with van der Waals surface area (Å²) in [6.07, 6.45) is 3.72. The summed E-state index contributed by atoms with van der Waals surface area (Å²) in [6, 6.07) is 7.75. The van der Waals surface area contributed by atoms with Crippen molar-refractivity contribution < 1.29 is 9.53 Å². The smallest absolute Gasteiger partial charge is 0.224 e. The largest absolute Gasteiger partial charge is 0.491 e. The van der Waals surface area contributed by atoms with E-state index in [1.165, 1.54) is 0 Å². The van der Waals surface area contributed by atoms with Gasteiger partial charge in [0.25, 0.3) is 0 Å². The molecule has 0 spiro atoms. The number of carbonyl (C=O) groups excluding carboxylic acids is 1. The Morgan fingerprint density at radius 1 is 1.36 bits per heavy atom. The third-order valence-electron chi connectivity index (χ3n) is 3.90. The van der Waals surface area contributed by atoms with Gasteiger partial charge in [-0.05, 0) is 36.8 Å². The quantitative estimate of drug-likeness (QED) is 0.839. The minimum Gasteiger partial charge on any atom is -0.491 e. The standard InChI is InChI=1S/C17H26N2O2.ClH/c1-12(2)11-21-16-9-4-3-8-15(16)19-17(20)10-13-6-5-7-14(13)18;/h3-4,8-9,12-14H,5-7,10-11,18H2,1-2H3,(H,19,20);1H/t13-,14+;/m0./s1. The number of hydrogen-bond donors (Lipinski definition) is 2. The fourth-order valence-corrected chi connectivity index (χ4v) is 2.71. The van der Waals surface area contributed by atoms with Gasteiger partial charge in [-0.25, -0.2) is 0 Å². The van der Waals surface area contributed by atoms with E-state index in [0.29, 0.717) is 24.9 Å². The number of hydrogen-bond acceptors (Lipinski definition) is 3. The van der Waals surface area contributed by atoms with E-state index in [1.807, 2.05) is 24.3 Å². The van der Waals surface area contributed by atoms with Crippen LogP contribution in [0.1, 0.15) is 39.5 Å². The highest BCUT2D eigenvalue weighted by atomic mass is 35.5. The van der Waals surface area contributed by atoms with E-state index in [1.54, 1.807) is 0 Å². The summed E-state index contributed by atoms with van der Waals surface area (Å²) in [7, 11) is 0. The second-order valence-electron chi connectivity index (χ2n) is 6.31. The number of para-hydroxylation sites is 2. The Hall–Kier alpha value is -1.26. The van der Waals surface area contributed by atoms with Gasteiger partial charge in [0, 0.05) is 12.5 Å². The SMILES string of the molecule is CC(C)COc1ccccc1NC(=O)C[C@@H]1CCC[C@H]1N.Cl. The number of nitrogens with two attached hydrogens (primary N) is 1. The maximum atomic E-state index is 12.2. The summed E-state index contributed by atoms with van der Waals surface area (Å²) in [5.41, 5.74) is 6.77. The van der Waals surface area contributed by atoms with Crippen LogP contribution >= 0.6 is 12.4 Å². The van der Waals surface area contributed by atoms with Crippen molar-refractivity contribution in [1.29, 1.82) is 0 Å². The summed E-state index contributed by atoms with van der Waals surface area (Å²) in [4.78, 5) is 12.2. The molecule has 1 aromatic carbocycles. The topological polar surface area (TPSA) is 64.3 Å². The van der Waals surface area contributed by atoms with E-state index in [9.17, 15) is 4.79 Å². The van der Waals surface area contributed by atoms with Crippen molar-refractivity contribution in [3.63, 3.8) is 0 Å². The molecule has 0 aromatic heterocycles. The van der Waals surface area contributed by atoms with E-state index in [0.717, 1.165) is 30.7 Å².